The predicted molar refractivity (Wildman–Crippen MR) is 72.2 cm³/mol. The molecule has 1 aromatic carbocycles. The van der Waals surface area contributed by atoms with Crippen molar-refractivity contribution in [2.24, 2.45) is 5.92 Å². The summed E-state index contributed by atoms with van der Waals surface area (Å²) in [5.41, 5.74) is 7.14. The Balaban J connectivity index is 1.81. The molecule has 96 valence electrons. The Bertz CT molecular complexity index is 446. The summed E-state index contributed by atoms with van der Waals surface area (Å²) in [6.07, 6.45) is 4.88. The predicted octanol–water partition coefficient (Wildman–Crippen LogP) is 2.67. The zero-order valence-corrected chi connectivity index (χ0v) is 10.8. The van der Waals surface area contributed by atoms with Crippen LogP contribution in [0.3, 0.4) is 0 Å². The van der Waals surface area contributed by atoms with Crippen LogP contribution in [0.25, 0.3) is 0 Å². The Kier molecular flexibility index (Phi) is 2.77. The lowest BCUT2D eigenvalue weighted by atomic mass is 10.1. The Labute approximate surface area is 108 Å². The average molecular weight is 244 g/mol. The average Bonchev–Trinajstić information content (AvgIpc) is 3.22. The third kappa shape index (κ3) is 2.22. The highest BCUT2D eigenvalue weighted by Crippen LogP contribution is 2.40. The molecule has 3 rings (SSSR count). The van der Waals surface area contributed by atoms with E-state index in [4.69, 9.17) is 5.73 Å². The number of anilines is 1. The number of carbonyl (C=O) groups excluding carboxylic acids is 1. The third-order valence-electron chi connectivity index (χ3n) is 4.08. The molecular weight excluding hydrogens is 224 g/mol. The molecule has 1 atom stereocenters. The van der Waals surface area contributed by atoms with Crippen LogP contribution in [0.1, 0.15) is 43.0 Å². The van der Waals surface area contributed by atoms with E-state index in [0.29, 0.717) is 17.8 Å². The first-order chi connectivity index (χ1) is 8.66. The van der Waals surface area contributed by atoms with Gasteiger partial charge >= 0.3 is 0 Å². The lowest BCUT2D eigenvalue weighted by Gasteiger charge is -2.29. The van der Waals surface area contributed by atoms with Gasteiger partial charge in [-0.15, -0.1) is 0 Å². The highest BCUT2D eigenvalue weighted by molar-refractivity contribution is 5.95. The summed E-state index contributed by atoms with van der Waals surface area (Å²) in [4.78, 5) is 14.7. The highest BCUT2D eigenvalue weighted by Gasteiger charge is 2.41. The van der Waals surface area contributed by atoms with Crippen molar-refractivity contribution in [3.8, 4) is 0 Å². The van der Waals surface area contributed by atoms with Gasteiger partial charge in [-0.25, -0.2) is 0 Å². The number of amides is 1. The fraction of sp³-hybridized carbons (Fsp3) is 0.533. The van der Waals surface area contributed by atoms with Gasteiger partial charge in [0.25, 0.3) is 5.91 Å². The number of hydrogen-bond donors (Lipinski definition) is 1. The zero-order chi connectivity index (χ0) is 12.7. The summed E-state index contributed by atoms with van der Waals surface area (Å²) in [7, 11) is 0. The number of nitrogens with zero attached hydrogens (tertiary/aromatic N) is 1. The van der Waals surface area contributed by atoms with Gasteiger partial charge in [-0.05, 0) is 62.8 Å². The van der Waals surface area contributed by atoms with E-state index >= 15 is 0 Å². The van der Waals surface area contributed by atoms with Crippen LogP contribution in [0, 0.1) is 5.92 Å². The van der Waals surface area contributed by atoms with Gasteiger partial charge in [0, 0.05) is 23.3 Å². The molecular formula is C15H20N2O. The summed E-state index contributed by atoms with van der Waals surface area (Å²) in [6, 6.07) is 8.16. The minimum Gasteiger partial charge on any atom is -0.399 e. The van der Waals surface area contributed by atoms with Crippen molar-refractivity contribution < 1.29 is 4.79 Å². The smallest absolute Gasteiger partial charge is 0.254 e. The summed E-state index contributed by atoms with van der Waals surface area (Å²) in [5, 5.41) is 0. The normalized spacial score (nSPS) is 20.5. The number of benzene rings is 1. The van der Waals surface area contributed by atoms with E-state index in [1.54, 1.807) is 12.1 Å². The molecule has 1 unspecified atom stereocenters. The van der Waals surface area contributed by atoms with Crippen LogP contribution in [-0.2, 0) is 0 Å². The topological polar surface area (TPSA) is 46.3 Å². The molecule has 2 aliphatic carbocycles. The van der Waals surface area contributed by atoms with Crippen LogP contribution >= 0.6 is 0 Å². The van der Waals surface area contributed by atoms with Crippen LogP contribution in [0.5, 0.6) is 0 Å². The van der Waals surface area contributed by atoms with Crippen molar-refractivity contribution in [1.82, 2.24) is 4.90 Å². The van der Waals surface area contributed by atoms with Crippen LogP contribution in [-0.4, -0.2) is 22.9 Å². The number of rotatable bonds is 4. The Hall–Kier alpha value is -1.51. The van der Waals surface area contributed by atoms with E-state index in [9.17, 15) is 4.79 Å². The molecule has 2 aliphatic rings. The van der Waals surface area contributed by atoms with Gasteiger partial charge in [0.2, 0.25) is 0 Å². The fourth-order valence-electron chi connectivity index (χ4n) is 2.62. The molecule has 0 saturated heterocycles. The summed E-state index contributed by atoms with van der Waals surface area (Å²) in [5.74, 6) is 0.903. The van der Waals surface area contributed by atoms with Gasteiger partial charge in [-0.3, -0.25) is 4.79 Å². The van der Waals surface area contributed by atoms with Crippen molar-refractivity contribution in [2.45, 2.75) is 44.7 Å². The highest BCUT2D eigenvalue weighted by atomic mass is 16.2. The maximum absolute atomic E-state index is 12.6. The Morgan fingerprint density at radius 1 is 1.22 bits per heavy atom. The van der Waals surface area contributed by atoms with E-state index in [2.05, 4.69) is 11.8 Å². The number of hydrogen-bond acceptors (Lipinski definition) is 2. The van der Waals surface area contributed by atoms with E-state index in [1.165, 1.54) is 12.8 Å². The molecule has 0 aliphatic heterocycles. The van der Waals surface area contributed by atoms with Crippen molar-refractivity contribution in [1.29, 1.82) is 0 Å². The molecule has 3 nitrogen and oxygen atoms in total. The SMILES string of the molecule is CC(C1CC1)N(C(=O)c1ccc(N)cc1)C1CC1. The van der Waals surface area contributed by atoms with Crippen molar-refractivity contribution in [3.63, 3.8) is 0 Å². The molecule has 3 heteroatoms. The minimum atomic E-state index is 0.178. The maximum Gasteiger partial charge on any atom is 0.254 e. The van der Waals surface area contributed by atoms with Crippen LogP contribution in [0.4, 0.5) is 5.69 Å². The number of nitrogen functional groups attached to an aromatic ring is 1. The molecule has 18 heavy (non-hydrogen) atoms. The minimum absolute atomic E-state index is 0.178. The fourth-order valence-corrected chi connectivity index (χ4v) is 2.62. The molecule has 0 radical (unpaired) electrons. The standard InChI is InChI=1S/C15H20N2O/c1-10(11-2-3-11)17(14-8-9-14)15(18)12-4-6-13(16)7-5-12/h4-7,10-11,14H,2-3,8-9,16H2,1H3. The van der Waals surface area contributed by atoms with Gasteiger partial charge in [-0.1, -0.05) is 0 Å². The van der Waals surface area contributed by atoms with E-state index in [-0.39, 0.29) is 5.91 Å². The van der Waals surface area contributed by atoms with Crippen molar-refractivity contribution in [3.05, 3.63) is 29.8 Å². The lowest BCUT2D eigenvalue weighted by Crippen LogP contribution is -2.41. The van der Waals surface area contributed by atoms with Gasteiger partial charge in [0.05, 0.1) is 0 Å². The van der Waals surface area contributed by atoms with Crippen LogP contribution < -0.4 is 5.73 Å². The quantitative estimate of drug-likeness (QED) is 0.828. The monoisotopic (exact) mass is 244 g/mol. The third-order valence-corrected chi connectivity index (χ3v) is 4.08. The molecule has 0 bridgehead atoms. The number of nitrogens with two attached hydrogens (primary N) is 1. The Morgan fingerprint density at radius 3 is 2.33 bits per heavy atom. The molecule has 0 heterocycles. The number of carbonyl (C=O) groups is 1. The summed E-state index contributed by atoms with van der Waals surface area (Å²) >= 11 is 0. The molecule has 0 aromatic heterocycles. The molecule has 1 aromatic rings. The van der Waals surface area contributed by atoms with Gasteiger partial charge < -0.3 is 10.6 Å². The second-order valence-corrected chi connectivity index (χ2v) is 5.64. The summed E-state index contributed by atoms with van der Waals surface area (Å²) < 4.78 is 0. The van der Waals surface area contributed by atoms with E-state index in [0.717, 1.165) is 24.3 Å². The van der Waals surface area contributed by atoms with Gasteiger partial charge in [0.15, 0.2) is 0 Å². The first-order valence-electron chi connectivity index (χ1n) is 6.85. The van der Waals surface area contributed by atoms with Gasteiger partial charge in [0.1, 0.15) is 0 Å². The lowest BCUT2D eigenvalue weighted by molar-refractivity contribution is 0.0654. The van der Waals surface area contributed by atoms with E-state index < -0.39 is 0 Å². The molecule has 1 amide bonds. The maximum atomic E-state index is 12.6. The Morgan fingerprint density at radius 2 is 1.83 bits per heavy atom. The molecule has 0 spiro atoms. The molecule has 2 fully saturated rings. The molecule has 2 N–H and O–H groups in total. The first kappa shape index (κ1) is 11.6. The summed E-state index contributed by atoms with van der Waals surface area (Å²) in [6.45, 7) is 2.20. The van der Waals surface area contributed by atoms with Crippen molar-refractivity contribution in [2.75, 3.05) is 5.73 Å². The van der Waals surface area contributed by atoms with E-state index in [1.807, 2.05) is 12.1 Å². The molecule has 2 saturated carbocycles. The first-order valence-corrected chi connectivity index (χ1v) is 6.85. The second kappa shape index (κ2) is 4.30. The van der Waals surface area contributed by atoms with Crippen LogP contribution in [0.2, 0.25) is 0 Å². The largest absolute Gasteiger partial charge is 0.399 e. The van der Waals surface area contributed by atoms with Crippen molar-refractivity contribution >= 4 is 11.6 Å². The second-order valence-electron chi connectivity index (χ2n) is 5.64. The zero-order valence-electron chi connectivity index (χ0n) is 10.8. The van der Waals surface area contributed by atoms with Crippen LogP contribution in [0.15, 0.2) is 24.3 Å². The van der Waals surface area contributed by atoms with Gasteiger partial charge in [-0.2, -0.15) is 0 Å².